The van der Waals surface area contributed by atoms with Crippen LogP contribution in [0.4, 0.5) is 5.69 Å². The van der Waals surface area contributed by atoms with Crippen molar-refractivity contribution in [2.45, 2.75) is 6.42 Å². The van der Waals surface area contributed by atoms with Crippen LogP contribution in [-0.2, 0) is 0 Å². The number of rotatable bonds is 6. The van der Waals surface area contributed by atoms with Gasteiger partial charge in [-0.05, 0) is 47.1 Å². The van der Waals surface area contributed by atoms with Crippen LogP contribution in [0.5, 0.6) is 0 Å². The predicted octanol–water partition coefficient (Wildman–Crippen LogP) is 2.79. The normalized spacial score (nSPS) is 15.2. The molecule has 5 nitrogen and oxygen atoms in total. The number of para-hydroxylation sites is 1. The molecular formula is C19H23BrN4O. The van der Waals surface area contributed by atoms with E-state index in [2.05, 4.69) is 66.4 Å². The van der Waals surface area contributed by atoms with Gasteiger partial charge in [0.1, 0.15) is 0 Å². The highest BCUT2D eigenvalue weighted by Crippen LogP contribution is 2.15. The second-order valence-electron chi connectivity index (χ2n) is 6.17. The van der Waals surface area contributed by atoms with E-state index < -0.39 is 0 Å². The van der Waals surface area contributed by atoms with Gasteiger partial charge in [0.15, 0.2) is 0 Å². The molecule has 0 saturated carbocycles. The molecule has 0 atom stereocenters. The highest BCUT2D eigenvalue weighted by Gasteiger charge is 2.16. The number of pyridine rings is 1. The molecule has 1 aromatic heterocycles. The number of carbonyl (C=O) groups excluding carboxylic acids is 1. The number of anilines is 1. The van der Waals surface area contributed by atoms with Gasteiger partial charge >= 0.3 is 0 Å². The van der Waals surface area contributed by atoms with Crippen molar-refractivity contribution in [3.63, 3.8) is 0 Å². The summed E-state index contributed by atoms with van der Waals surface area (Å²) >= 11 is 3.33. The van der Waals surface area contributed by atoms with Crippen molar-refractivity contribution in [1.29, 1.82) is 0 Å². The Kier molecular flexibility index (Phi) is 6.42. The Hall–Kier alpha value is -1.92. The molecule has 1 fully saturated rings. The lowest BCUT2D eigenvalue weighted by molar-refractivity contribution is 0.0951. The van der Waals surface area contributed by atoms with Gasteiger partial charge in [0.25, 0.3) is 5.91 Å². The van der Waals surface area contributed by atoms with Crippen molar-refractivity contribution < 1.29 is 4.79 Å². The standard InChI is InChI=1S/C19H23BrN4O/c20-17-13-16(14-21-15-17)19(25)22-7-4-8-23-9-11-24(12-10-23)18-5-2-1-3-6-18/h1-3,5-6,13-15H,4,7-12H2,(H,22,25). The Morgan fingerprint density at radius 2 is 1.88 bits per heavy atom. The van der Waals surface area contributed by atoms with Crippen LogP contribution in [0.25, 0.3) is 0 Å². The highest BCUT2D eigenvalue weighted by molar-refractivity contribution is 9.10. The Balaban J connectivity index is 1.34. The molecular weight excluding hydrogens is 380 g/mol. The fourth-order valence-electron chi connectivity index (χ4n) is 3.01. The lowest BCUT2D eigenvalue weighted by atomic mass is 10.2. The van der Waals surface area contributed by atoms with Crippen LogP contribution in [0.1, 0.15) is 16.8 Å². The molecule has 0 radical (unpaired) electrons. The van der Waals surface area contributed by atoms with Gasteiger partial charge in [0.2, 0.25) is 0 Å². The van der Waals surface area contributed by atoms with Gasteiger partial charge in [-0.1, -0.05) is 18.2 Å². The lowest BCUT2D eigenvalue weighted by Crippen LogP contribution is -2.47. The zero-order valence-corrected chi connectivity index (χ0v) is 15.8. The first-order chi connectivity index (χ1) is 12.2. The van der Waals surface area contributed by atoms with Crippen molar-refractivity contribution in [1.82, 2.24) is 15.2 Å². The molecule has 0 spiro atoms. The Morgan fingerprint density at radius 1 is 1.12 bits per heavy atom. The molecule has 25 heavy (non-hydrogen) atoms. The topological polar surface area (TPSA) is 48.5 Å². The molecule has 0 unspecified atom stereocenters. The van der Waals surface area contributed by atoms with Crippen LogP contribution in [-0.4, -0.2) is 55.1 Å². The van der Waals surface area contributed by atoms with Gasteiger partial charge in [0, 0.05) is 55.3 Å². The summed E-state index contributed by atoms with van der Waals surface area (Å²) in [6.07, 6.45) is 4.22. The van der Waals surface area contributed by atoms with Crippen molar-refractivity contribution in [3.05, 3.63) is 58.8 Å². The highest BCUT2D eigenvalue weighted by atomic mass is 79.9. The number of nitrogens with zero attached hydrogens (tertiary/aromatic N) is 3. The number of carbonyl (C=O) groups is 1. The van der Waals surface area contributed by atoms with Gasteiger partial charge in [-0.25, -0.2) is 0 Å². The molecule has 1 aliphatic rings. The molecule has 0 bridgehead atoms. The van der Waals surface area contributed by atoms with Gasteiger partial charge in [-0.3, -0.25) is 14.7 Å². The largest absolute Gasteiger partial charge is 0.369 e. The first kappa shape index (κ1) is 17.9. The third-order valence-electron chi connectivity index (χ3n) is 4.40. The second-order valence-corrected chi connectivity index (χ2v) is 7.08. The minimum Gasteiger partial charge on any atom is -0.369 e. The zero-order valence-electron chi connectivity index (χ0n) is 14.2. The summed E-state index contributed by atoms with van der Waals surface area (Å²) in [4.78, 5) is 21.0. The summed E-state index contributed by atoms with van der Waals surface area (Å²) in [5, 5.41) is 2.96. The van der Waals surface area contributed by atoms with Crippen LogP contribution in [0.3, 0.4) is 0 Å². The van der Waals surface area contributed by atoms with Crippen molar-refractivity contribution in [3.8, 4) is 0 Å². The van der Waals surface area contributed by atoms with Crippen molar-refractivity contribution >= 4 is 27.5 Å². The number of benzene rings is 1. The maximum Gasteiger partial charge on any atom is 0.252 e. The summed E-state index contributed by atoms with van der Waals surface area (Å²) in [5.41, 5.74) is 1.89. The van der Waals surface area contributed by atoms with Gasteiger partial charge in [0.05, 0.1) is 5.56 Å². The Morgan fingerprint density at radius 3 is 2.60 bits per heavy atom. The van der Waals surface area contributed by atoms with E-state index in [0.717, 1.165) is 43.6 Å². The molecule has 1 N–H and O–H groups in total. The van der Waals surface area contributed by atoms with Crippen LogP contribution < -0.4 is 10.2 Å². The number of hydrogen-bond donors (Lipinski definition) is 1. The molecule has 3 rings (SSSR count). The monoisotopic (exact) mass is 402 g/mol. The van der Waals surface area contributed by atoms with Gasteiger partial charge < -0.3 is 10.2 Å². The van der Waals surface area contributed by atoms with Gasteiger partial charge in [-0.2, -0.15) is 0 Å². The molecule has 1 aliphatic heterocycles. The third kappa shape index (κ3) is 5.28. The second kappa shape index (κ2) is 8.97. The summed E-state index contributed by atoms with van der Waals surface area (Å²) in [5.74, 6) is -0.0669. The Labute approximate surface area is 157 Å². The van der Waals surface area contributed by atoms with Crippen LogP contribution in [0, 0.1) is 0 Å². The molecule has 132 valence electrons. The van der Waals surface area contributed by atoms with Crippen molar-refractivity contribution in [2.75, 3.05) is 44.2 Å². The minimum absolute atomic E-state index is 0.0669. The first-order valence-corrected chi connectivity index (χ1v) is 9.43. The van der Waals surface area contributed by atoms with E-state index in [1.165, 1.54) is 5.69 Å². The smallest absolute Gasteiger partial charge is 0.252 e. The van der Waals surface area contributed by atoms with E-state index in [4.69, 9.17) is 0 Å². The number of nitrogens with one attached hydrogen (secondary N) is 1. The lowest BCUT2D eigenvalue weighted by Gasteiger charge is -2.36. The number of aromatic nitrogens is 1. The third-order valence-corrected chi connectivity index (χ3v) is 4.83. The number of piperazine rings is 1. The maximum absolute atomic E-state index is 12.1. The van der Waals surface area contributed by atoms with E-state index in [1.807, 2.05) is 0 Å². The summed E-state index contributed by atoms with van der Waals surface area (Å²) < 4.78 is 0.816. The molecule has 6 heteroatoms. The number of hydrogen-bond acceptors (Lipinski definition) is 4. The van der Waals surface area contributed by atoms with Crippen LogP contribution in [0.15, 0.2) is 53.3 Å². The Bertz CT molecular complexity index is 687. The van der Waals surface area contributed by atoms with E-state index in [1.54, 1.807) is 18.5 Å². The average Bonchev–Trinajstić information content (AvgIpc) is 2.66. The van der Waals surface area contributed by atoms with E-state index >= 15 is 0 Å². The predicted molar refractivity (Wildman–Crippen MR) is 104 cm³/mol. The number of amides is 1. The maximum atomic E-state index is 12.1. The average molecular weight is 403 g/mol. The fraction of sp³-hybridized carbons (Fsp3) is 0.368. The van der Waals surface area contributed by atoms with E-state index in [0.29, 0.717) is 12.1 Å². The SMILES string of the molecule is O=C(NCCCN1CCN(c2ccccc2)CC1)c1cncc(Br)c1. The minimum atomic E-state index is -0.0669. The van der Waals surface area contributed by atoms with Crippen LogP contribution in [0.2, 0.25) is 0 Å². The van der Waals surface area contributed by atoms with Gasteiger partial charge in [-0.15, -0.1) is 0 Å². The summed E-state index contributed by atoms with van der Waals surface area (Å²) in [7, 11) is 0. The molecule has 2 heterocycles. The molecule has 2 aromatic rings. The first-order valence-electron chi connectivity index (χ1n) is 8.63. The van der Waals surface area contributed by atoms with E-state index in [-0.39, 0.29) is 5.91 Å². The molecule has 0 aliphatic carbocycles. The molecule has 1 aromatic carbocycles. The van der Waals surface area contributed by atoms with E-state index in [9.17, 15) is 4.79 Å². The molecule has 1 amide bonds. The summed E-state index contributed by atoms with van der Waals surface area (Å²) in [6.45, 7) is 5.95. The number of halogens is 1. The fourth-order valence-corrected chi connectivity index (χ4v) is 3.38. The quantitative estimate of drug-likeness (QED) is 0.754. The molecule has 1 saturated heterocycles. The zero-order chi connectivity index (χ0) is 17.5. The van der Waals surface area contributed by atoms with Crippen LogP contribution >= 0.6 is 15.9 Å². The summed E-state index contributed by atoms with van der Waals surface area (Å²) in [6, 6.07) is 12.4. The van der Waals surface area contributed by atoms with Crippen molar-refractivity contribution in [2.24, 2.45) is 0 Å².